The quantitative estimate of drug-likeness (QED) is 0.795. The number of halogens is 1. The minimum absolute atomic E-state index is 0.187. The van der Waals surface area contributed by atoms with Gasteiger partial charge in [-0.2, -0.15) is 0 Å². The number of furan rings is 1. The van der Waals surface area contributed by atoms with Crippen LogP contribution in [0.2, 0.25) is 0 Å². The summed E-state index contributed by atoms with van der Waals surface area (Å²) in [4.78, 5) is 4.29. The number of fused-ring (bicyclic) bond motifs is 1. The molecule has 1 atom stereocenters. The van der Waals surface area contributed by atoms with Crippen LogP contribution in [0.15, 0.2) is 34.1 Å². The van der Waals surface area contributed by atoms with Crippen LogP contribution in [0, 0.1) is 12.7 Å². The summed E-state index contributed by atoms with van der Waals surface area (Å²) in [7, 11) is 0. The molecule has 0 radical (unpaired) electrons. The zero-order valence-corrected chi connectivity index (χ0v) is 11.1. The van der Waals surface area contributed by atoms with Gasteiger partial charge in [0.2, 0.25) is 0 Å². The van der Waals surface area contributed by atoms with Gasteiger partial charge in [-0.15, -0.1) is 11.3 Å². The summed E-state index contributed by atoms with van der Waals surface area (Å²) in [5.74, 6) is -0.0472. The lowest BCUT2D eigenvalue weighted by Gasteiger charge is -2.04. The molecule has 3 aromatic rings. The van der Waals surface area contributed by atoms with Crippen molar-refractivity contribution in [3.8, 4) is 0 Å². The minimum atomic E-state index is -0.808. The first-order valence-corrected chi connectivity index (χ1v) is 6.78. The maximum Gasteiger partial charge on any atom is 0.170 e. The van der Waals surface area contributed by atoms with Gasteiger partial charge >= 0.3 is 0 Å². The molecule has 5 heteroatoms. The number of aromatic nitrogens is 1. The molecule has 1 aromatic carbocycles. The molecule has 3 nitrogen and oxygen atoms in total. The molecular formula is C14H12FNO2S. The lowest BCUT2D eigenvalue weighted by molar-refractivity contribution is 0.152. The Hall–Kier alpha value is -1.72. The van der Waals surface area contributed by atoms with E-state index in [1.807, 2.05) is 12.3 Å². The number of nitrogens with zero attached hydrogens (tertiary/aromatic N) is 1. The van der Waals surface area contributed by atoms with E-state index in [4.69, 9.17) is 4.42 Å². The van der Waals surface area contributed by atoms with Crippen LogP contribution in [0.25, 0.3) is 11.0 Å². The van der Waals surface area contributed by atoms with Gasteiger partial charge in [-0.1, -0.05) is 12.1 Å². The molecule has 1 N–H and O–H groups in total. The molecule has 0 saturated heterocycles. The van der Waals surface area contributed by atoms with Crippen LogP contribution in [-0.4, -0.2) is 10.1 Å². The summed E-state index contributed by atoms with van der Waals surface area (Å²) in [6.45, 7) is 1.91. The number of hydrogen-bond donors (Lipinski definition) is 1. The minimum Gasteiger partial charge on any atom is -0.455 e. The van der Waals surface area contributed by atoms with E-state index >= 15 is 0 Å². The van der Waals surface area contributed by atoms with E-state index in [1.165, 1.54) is 17.4 Å². The second-order valence-corrected chi connectivity index (χ2v) is 5.35. The van der Waals surface area contributed by atoms with E-state index in [2.05, 4.69) is 4.98 Å². The van der Waals surface area contributed by atoms with Crippen molar-refractivity contribution in [3.05, 3.63) is 51.9 Å². The molecular weight excluding hydrogens is 265 g/mol. The second-order valence-electron chi connectivity index (χ2n) is 4.41. The maximum atomic E-state index is 13.5. The molecule has 0 fully saturated rings. The number of hydrogen-bond acceptors (Lipinski definition) is 4. The molecule has 3 rings (SSSR count). The first-order valence-electron chi connectivity index (χ1n) is 5.90. The van der Waals surface area contributed by atoms with E-state index in [0.29, 0.717) is 17.6 Å². The van der Waals surface area contributed by atoms with Crippen LogP contribution in [0.3, 0.4) is 0 Å². The molecule has 0 aliphatic rings. The highest BCUT2D eigenvalue weighted by Gasteiger charge is 2.17. The Morgan fingerprint density at radius 1 is 1.47 bits per heavy atom. The number of thiazole rings is 1. The van der Waals surface area contributed by atoms with Crippen LogP contribution < -0.4 is 0 Å². The van der Waals surface area contributed by atoms with Crippen molar-refractivity contribution >= 4 is 22.3 Å². The smallest absolute Gasteiger partial charge is 0.170 e. The van der Waals surface area contributed by atoms with Gasteiger partial charge in [0.1, 0.15) is 11.9 Å². The van der Waals surface area contributed by atoms with E-state index in [1.54, 1.807) is 18.2 Å². The summed E-state index contributed by atoms with van der Waals surface area (Å²) in [6.07, 6.45) is -0.433. The fourth-order valence-corrected chi connectivity index (χ4v) is 2.78. The van der Waals surface area contributed by atoms with Crippen LogP contribution in [0.4, 0.5) is 4.39 Å². The van der Waals surface area contributed by atoms with Crippen molar-refractivity contribution in [3.63, 3.8) is 0 Å². The van der Waals surface area contributed by atoms with Gasteiger partial charge in [-0.05, 0) is 19.1 Å². The molecule has 1 unspecified atom stereocenters. The third kappa shape index (κ3) is 2.39. The van der Waals surface area contributed by atoms with Gasteiger partial charge in [-0.25, -0.2) is 9.37 Å². The number of aryl methyl sites for hydroxylation is 1. The SMILES string of the molecule is Cc1csc(CC(O)c2cc3cccc(F)c3o2)n1. The van der Waals surface area contributed by atoms with Crippen molar-refractivity contribution in [1.82, 2.24) is 4.98 Å². The highest BCUT2D eigenvalue weighted by molar-refractivity contribution is 7.09. The van der Waals surface area contributed by atoms with Gasteiger partial charge in [0, 0.05) is 22.9 Å². The zero-order chi connectivity index (χ0) is 13.4. The fraction of sp³-hybridized carbons (Fsp3) is 0.214. The summed E-state index contributed by atoms with van der Waals surface area (Å²) >= 11 is 1.50. The monoisotopic (exact) mass is 277 g/mol. The number of rotatable bonds is 3. The average Bonchev–Trinajstić information content (AvgIpc) is 2.96. The molecule has 0 bridgehead atoms. The third-order valence-electron chi connectivity index (χ3n) is 2.88. The summed E-state index contributed by atoms with van der Waals surface area (Å²) in [6, 6.07) is 6.38. The van der Waals surface area contributed by atoms with Gasteiger partial charge in [0.05, 0.1) is 5.01 Å². The van der Waals surface area contributed by atoms with E-state index in [-0.39, 0.29) is 5.58 Å². The lowest BCUT2D eigenvalue weighted by Crippen LogP contribution is -1.99. The first kappa shape index (κ1) is 12.3. The first-order chi connectivity index (χ1) is 9.13. The Morgan fingerprint density at radius 3 is 3.00 bits per heavy atom. The molecule has 0 amide bonds. The van der Waals surface area contributed by atoms with Gasteiger partial charge in [0.15, 0.2) is 11.4 Å². The molecule has 2 heterocycles. The molecule has 98 valence electrons. The highest BCUT2D eigenvalue weighted by atomic mass is 32.1. The van der Waals surface area contributed by atoms with Gasteiger partial charge in [0.25, 0.3) is 0 Å². The Bertz CT molecular complexity index is 719. The molecule has 0 saturated carbocycles. The molecule has 19 heavy (non-hydrogen) atoms. The van der Waals surface area contributed by atoms with Crippen LogP contribution in [0.1, 0.15) is 22.6 Å². The summed E-state index contributed by atoms with van der Waals surface area (Å²) in [5.41, 5.74) is 1.12. The van der Waals surface area contributed by atoms with Crippen LogP contribution in [-0.2, 0) is 6.42 Å². The van der Waals surface area contributed by atoms with Crippen molar-refractivity contribution in [1.29, 1.82) is 0 Å². The van der Waals surface area contributed by atoms with Gasteiger partial charge in [-0.3, -0.25) is 0 Å². The Labute approximate surface area is 113 Å². The van der Waals surface area contributed by atoms with E-state index in [0.717, 1.165) is 10.7 Å². The van der Waals surface area contributed by atoms with Crippen molar-refractivity contribution in [2.75, 3.05) is 0 Å². The molecule has 2 aromatic heterocycles. The molecule has 0 spiro atoms. The number of benzene rings is 1. The fourth-order valence-electron chi connectivity index (χ4n) is 1.97. The third-order valence-corrected chi connectivity index (χ3v) is 3.87. The Morgan fingerprint density at radius 2 is 2.32 bits per heavy atom. The molecule has 0 aliphatic heterocycles. The zero-order valence-electron chi connectivity index (χ0n) is 10.3. The van der Waals surface area contributed by atoms with Crippen LogP contribution >= 0.6 is 11.3 Å². The summed E-state index contributed by atoms with van der Waals surface area (Å²) < 4.78 is 18.9. The topological polar surface area (TPSA) is 46.3 Å². The standard InChI is InChI=1S/C14H12FNO2S/c1-8-7-19-13(16-8)6-11(17)12-5-9-3-2-4-10(15)14(9)18-12/h2-5,7,11,17H,6H2,1H3. The highest BCUT2D eigenvalue weighted by Crippen LogP contribution is 2.28. The maximum absolute atomic E-state index is 13.5. The average molecular weight is 277 g/mol. The Balaban J connectivity index is 1.89. The number of para-hydroxylation sites is 1. The van der Waals surface area contributed by atoms with E-state index in [9.17, 15) is 9.50 Å². The van der Waals surface area contributed by atoms with Crippen molar-refractivity contribution in [2.45, 2.75) is 19.4 Å². The van der Waals surface area contributed by atoms with Crippen molar-refractivity contribution in [2.24, 2.45) is 0 Å². The predicted molar refractivity (Wildman–Crippen MR) is 71.7 cm³/mol. The summed E-state index contributed by atoms with van der Waals surface area (Å²) in [5, 5.41) is 13.6. The van der Waals surface area contributed by atoms with Crippen molar-refractivity contribution < 1.29 is 13.9 Å². The van der Waals surface area contributed by atoms with E-state index < -0.39 is 11.9 Å². The predicted octanol–water partition coefficient (Wildman–Crippen LogP) is 3.61. The number of aliphatic hydroxyl groups excluding tert-OH is 1. The number of aliphatic hydroxyl groups is 1. The second kappa shape index (κ2) is 4.75. The lowest BCUT2D eigenvalue weighted by atomic mass is 10.2. The van der Waals surface area contributed by atoms with Crippen LogP contribution in [0.5, 0.6) is 0 Å². The largest absolute Gasteiger partial charge is 0.455 e. The normalized spacial score (nSPS) is 13.0. The molecule has 0 aliphatic carbocycles. The Kier molecular flexibility index (Phi) is 3.08. The van der Waals surface area contributed by atoms with Gasteiger partial charge < -0.3 is 9.52 Å².